The molecule has 0 nitrogen and oxygen atoms in total. The highest BCUT2D eigenvalue weighted by Crippen LogP contribution is 2.31. The van der Waals surface area contributed by atoms with Gasteiger partial charge in [0.1, 0.15) is 5.82 Å². The zero-order valence-corrected chi connectivity index (χ0v) is 10.3. The van der Waals surface area contributed by atoms with Gasteiger partial charge in [0, 0.05) is 5.56 Å². The molecular weight excluding hydrogens is 261 g/mol. The molecule has 0 saturated carbocycles. The van der Waals surface area contributed by atoms with Gasteiger partial charge in [0.2, 0.25) is 0 Å². The van der Waals surface area contributed by atoms with Crippen molar-refractivity contribution in [3.05, 3.63) is 70.5 Å². The van der Waals surface area contributed by atoms with Crippen LogP contribution in [0.1, 0.15) is 22.1 Å². The lowest BCUT2D eigenvalue weighted by Gasteiger charge is -2.12. The van der Waals surface area contributed by atoms with Gasteiger partial charge in [-0.15, -0.1) is 11.6 Å². The molecule has 0 amide bonds. The van der Waals surface area contributed by atoms with Crippen molar-refractivity contribution in [2.24, 2.45) is 0 Å². The molecule has 0 heterocycles. The topological polar surface area (TPSA) is 0 Å². The summed E-state index contributed by atoms with van der Waals surface area (Å²) in [6.07, 6.45) is 0. The van der Waals surface area contributed by atoms with Crippen LogP contribution in [0.3, 0.4) is 0 Å². The van der Waals surface area contributed by atoms with E-state index in [0.29, 0.717) is 5.56 Å². The van der Waals surface area contributed by atoms with E-state index in [0.717, 1.165) is 17.7 Å². The molecule has 2 aromatic carbocycles. The average molecular weight is 271 g/mol. The standard InChI is InChI=1S/C14H10ClF3/c1-8-2-4-11(16)10(6-8)14(15)9-3-5-12(17)13(18)7-9/h2-7,14H,1H3. The van der Waals surface area contributed by atoms with Gasteiger partial charge in [0.15, 0.2) is 11.6 Å². The first-order chi connectivity index (χ1) is 8.49. The monoisotopic (exact) mass is 270 g/mol. The summed E-state index contributed by atoms with van der Waals surface area (Å²) < 4.78 is 39.6. The van der Waals surface area contributed by atoms with Crippen molar-refractivity contribution in [2.45, 2.75) is 12.3 Å². The van der Waals surface area contributed by atoms with E-state index in [1.165, 1.54) is 12.1 Å². The number of benzene rings is 2. The second kappa shape index (κ2) is 5.02. The Hall–Kier alpha value is -1.48. The van der Waals surface area contributed by atoms with Crippen LogP contribution < -0.4 is 0 Å². The summed E-state index contributed by atoms with van der Waals surface area (Å²) in [6.45, 7) is 1.80. The Morgan fingerprint density at radius 1 is 0.889 bits per heavy atom. The van der Waals surface area contributed by atoms with Crippen LogP contribution in [0.25, 0.3) is 0 Å². The summed E-state index contributed by atoms with van der Waals surface area (Å²) in [5, 5.41) is -0.847. The van der Waals surface area contributed by atoms with Crippen LogP contribution in [0.5, 0.6) is 0 Å². The molecule has 0 bridgehead atoms. The van der Waals surface area contributed by atoms with Crippen molar-refractivity contribution in [1.29, 1.82) is 0 Å². The molecule has 0 spiro atoms. The lowest BCUT2D eigenvalue weighted by molar-refractivity contribution is 0.507. The lowest BCUT2D eigenvalue weighted by atomic mass is 10.0. The Kier molecular flexibility index (Phi) is 3.62. The van der Waals surface area contributed by atoms with Gasteiger partial charge in [0.25, 0.3) is 0 Å². The van der Waals surface area contributed by atoms with Gasteiger partial charge in [-0.1, -0.05) is 23.8 Å². The molecule has 18 heavy (non-hydrogen) atoms. The molecule has 0 aliphatic carbocycles. The minimum Gasteiger partial charge on any atom is -0.207 e. The smallest absolute Gasteiger partial charge is 0.159 e. The molecular formula is C14H10ClF3. The van der Waals surface area contributed by atoms with E-state index < -0.39 is 22.8 Å². The highest BCUT2D eigenvalue weighted by atomic mass is 35.5. The Bertz CT molecular complexity index is 581. The molecule has 1 atom stereocenters. The predicted molar refractivity (Wildman–Crippen MR) is 65.2 cm³/mol. The first-order valence-electron chi connectivity index (χ1n) is 5.34. The Balaban J connectivity index is 2.44. The molecule has 0 N–H and O–H groups in total. The van der Waals surface area contributed by atoms with E-state index in [2.05, 4.69) is 0 Å². The molecule has 0 aromatic heterocycles. The molecule has 0 aliphatic rings. The quantitative estimate of drug-likeness (QED) is 0.692. The van der Waals surface area contributed by atoms with Crippen molar-refractivity contribution < 1.29 is 13.2 Å². The van der Waals surface area contributed by atoms with Crippen molar-refractivity contribution in [2.75, 3.05) is 0 Å². The van der Waals surface area contributed by atoms with Gasteiger partial charge in [-0.05, 0) is 30.7 Å². The molecule has 0 fully saturated rings. The minimum absolute atomic E-state index is 0.252. The van der Waals surface area contributed by atoms with Gasteiger partial charge < -0.3 is 0 Å². The van der Waals surface area contributed by atoms with E-state index in [1.54, 1.807) is 19.1 Å². The number of hydrogen-bond acceptors (Lipinski definition) is 0. The molecule has 2 aromatic rings. The Morgan fingerprint density at radius 2 is 1.56 bits per heavy atom. The first-order valence-corrected chi connectivity index (χ1v) is 5.78. The predicted octanol–water partition coefficient (Wildman–Crippen LogP) is 4.74. The van der Waals surface area contributed by atoms with E-state index in [1.807, 2.05) is 0 Å². The van der Waals surface area contributed by atoms with Crippen LogP contribution >= 0.6 is 11.6 Å². The molecule has 0 saturated heterocycles. The van der Waals surface area contributed by atoms with Gasteiger partial charge in [-0.25, -0.2) is 13.2 Å². The highest BCUT2D eigenvalue weighted by Gasteiger charge is 2.17. The van der Waals surface area contributed by atoms with Crippen LogP contribution in [0, 0.1) is 24.4 Å². The zero-order valence-electron chi connectivity index (χ0n) is 9.55. The maximum Gasteiger partial charge on any atom is 0.159 e. The fourth-order valence-corrected chi connectivity index (χ4v) is 2.01. The number of halogens is 4. The molecule has 0 aliphatic heterocycles. The van der Waals surface area contributed by atoms with Crippen molar-refractivity contribution in [3.8, 4) is 0 Å². The fourth-order valence-electron chi connectivity index (χ4n) is 1.71. The number of rotatable bonds is 2. The van der Waals surface area contributed by atoms with Crippen molar-refractivity contribution in [3.63, 3.8) is 0 Å². The van der Waals surface area contributed by atoms with Crippen molar-refractivity contribution >= 4 is 11.6 Å². The van der Waals surface area contributed by atoms with Gasteiger partial charge in [-0.2, -0.15) is 0 Å². The van der Waals surface area contributed by atoms with Gasteiger partial charge >= 0.3 is 0 Å². The minimum atomic E-state index is -0.994. The average Bonchev–Trinajstić information content (AvgIpc) is 2.35. The third-order valence-electron chi connectivity index (χ3n) is 2.66. The molecule has 94 valence electrons. The zero-order chi connectivity index (χ0) is 13.3. The van der Waals surface area contributed by atoms with Crippen LogP contribution in [0.2, 0.25) is 0 Å². The van der Waals surface area contributed by atoms with E-state index in [9.17, 15) is 13.2 Å². The summed E-state index contributed by atoms with van der Waals surface area (Å²) in [7, 11) is 0. The summed E-state index contributed by atoms with van der Waals surface area (Å²) >= 11 is 6.10. The SMILES string of the molecule is Cc1ccc(F)c(C(Cl)c2ccc(F)c(F)c2)c1. The second-order valence-electron chi connectivity index (χ2n) is 4.06. The summed E-state index contributed by atoms with van der Waals surface area (Å²) in [5.74, 6) is -2.41. The Morgan fingerprint density at radius 3 is 2.22 bits per heavy atom. The summed E-state index contributed by atoms with van der Waals surface area (Å²) in [4.78, 5) is 0. The van der Waals surface area contributed by atoms with Crippen LogP contribution in [-0.4, -0.2) is 0 Å². The molecule has 0 radical (unpaired) electrons. The maximum atomic E-state index is 13.6. The van der Waals surface area contributed by atoms with Gasteiger partial charge in [0.05, 0.1) is 5.38 Å². The summed E-state index contributed by atoms with van der Waals surface area (Å²) in [5.41, 5.74) is 1.42. The van der Waals surface area contributed by atoms with E-state index in [4.69, 9.17) is 11.6 Å². The fraction of sp³-hybridized carbons (Fsp3) is 0.143. The van der Waals surface area contributed by atoms with E-state index in [-0.39, 0.29) is 5.56 Å². The van der Waals surface area contributed by atoms with Gasteiger partial charge in [-0.3, -0.25) is 0 Å². The van der Waals surface area contributed by atoms with E-state index >= 15 is 0 Å². The maximum absolute atomic E-state index is 13.6. The number of hydrogen-bond donors (Lipinski definition) is 0. The van der Waals surface area contributed by atoms with Crippen LogP contribution in [0.4, 0.5) is 13.2 Å². The second-order valence-corrected chi connectivity index (χ2v) is 4.50. The normalized spacial score (nSPS) is 12.5. The Labute approximate surface area is 108 Å². The third-order valence-corrected chi connectivity index (χ3v) is 3.15. The largest absolute Gasteiger partial charge is 0.207 e. The highest BCUT2D eigenvalue weighted by molar-refractivity contribution is 6.22. The molecule has 4 heteroatoms. The first kappa shape index (κ1) is 13.0. The van der Waals surface area contributed by atoms with Crippen molar-refractivity contribution in [1.82, 2.24) is 0 Å². The van der Waals surface area contributed by atoms with Crippen LogP contribution in [-0.2, 0) is 0 Å². The molecule has 2 rings (SSSR count). The van der Waals surface area contributed by atoms with Crippen LogP contribution in [0.15, 0.2) is 36.4 Å². The molecule has 1 unspecified atom stereocenters. The lowest BCUT2D eigenvalue weighted by Crippen LogP contribution is -1.99. The number of alkyl halides is 1. The summed E-state index contributed by atoms with van der Waals surface area (Å²) in [6, 6.07) is 7.82. The number of aryl methyl sites for hydroxylation is 1. The third kappa shape index (κ3) is 2.51.